The van der Waals surface area contributed by atoms with Crippen molar-refractivity contribution in [3.8, 4) is 0 Å². The summed E-state index contributed by atoms with van der Waals surface area (Å²) in [6.45, 7) is 10.2. The van der Waals surface area contributed by atoms with Gasteiger partial charge in [0.15, 0.2) is 0 Å². The van der Waals surface area contributed by atoms with E-state index in [2.05, 4.69) is 29.4 Å². The number of carbonyl (C=O) groups excluding carboxylic acids is 1. The molecule has 0 aromatic carbocycles. The Morgan fingerprint density at radius 1 is 1.25 bits per heavy atom. The number of nitrogens with one attached hydrogen (secondary N) is 2. The first-order valence-electron chi connectivity index (χ1n) is 8.45. The van der Waals surface area contributed by atoms with Crippen molar-refractivity contribution in [3.63, 3.8) is 0 Å². The Bertz CT molecular complexity index is 360. The van der Waals surface area contributed by atoms with E-state index in [9.17, 15) is 4.79 Å². The number of hydrogen-bond donors (Lipinski definition) is 2. The van der Waals surface area contributed by atoms with Crippen LogP contribution in [0.5, 0.6) is 0 Å². The molecule has 144 valence electrons. The van der Waals surface area contributed by atoms with E-state index in [0.717, 1.165) is 52.2 Å². The molecule has 2 N–H and O–H groups in total. The molecular formula is C16H33Cl2N3O3. The maximum absolute atomic E-state index is 12.7. The smallest absolute Gasteiger partial charge is 0.252 e. The van der Waals surface area contributed by atoms with E-state index >= 15 is 0 Å². The second-order valence-corrected chi connectivity index (χ2v) is 6.62. The van der Waals surface area contributed by atoms with E-state index in [-0.39, 0.29) is 30.7 Å². The summed E-state index contributed by atoms with van der Waals surface area (Å²) in [6, 6.07) is 0.350. The van der Waals surface area contributed by atoms with Crippen LogP contribution in [0.3, 0.4) is 0 Å². The van der Waals surface area contributed by atoms with E-state index in [1.54, 1.807) is 7.11 Å². The van der Waals surface area contributed by atoms with Gasteiger partial charge >= 0.3 is 0 Å². The second kappa shape index (κ2) is 11.5. The van der Waals surface area contributed by atoms with Gasteiger partial charge in [-0.25, -0.2) is 0 Å². The summed E-state index contributed by atoms with van der Waals surface area (Å²) in [5, 5.41) is 6.43. The zero-order valence-electron chi connectivity index (χ0n) is 15.0. The molecule has 1 atom stereocenters. The number of hydrogen-bond acceptors (Lipinski definition) is 5. The van der Waals surface area contributed by atoms with Crippen molar-refractivity contribution in [1.29, 1.82) is 0 Å². The van der Waals surface area contributed by atoms with Gasteiger partial charge in [-0.3, -0.25) is 9.69 Å². The van der Waals surface area contributed by atoms with Gasteiger partial charge in [-0.1, -0.05) is 13.8 Å². The SMILES string of the molecule is COC1(C(=O)NCC(C(C)C)N2CCOCC2)CCNCC1.Cl.Cl. The number of piperidine rings is 1. The lowest BCUT2D eigenvalue weighted by Crippen LogP contribution is -2.57. The maximum atomic E-state index is 12.7. The molecule has 0 bridgehead atoms. The molecular weight excluding hydrogens is 353 g/mol. The molecule has 24 heavy (non-hydrogen) atoms. The molecule has 0 spiro atoms. The van der Waals surface area contributed by atoms with E-state index in [4.69, 9.17) is 9.47 Å². The highest BCUT2D eigenvalue weighted by Crippen LogP contribution is 2.23. The Labute approximate surface area is 158 Å². The molecule has 0 aromatic heterocycles. The van der Waals surface area contributed by atoms with Gasteiger partial charge in [0.05, 0.1) is 13.2 Å². The molecule has 2 aliphatic heterocycles. The van der Waals surface area contributed by atoms with Crippen LogP contribution in [0, 0.1) is 5.92 Å². The van der Waals surface area contributed by atoms with Crippen LogP contribution in [0.2, 0.25) is 0 Å². The van der Waals surface area contributed by atoms with E-state index in [0.29, 0.717) is 18.5 Å². The van der Waals surface area contributed by atoms with Gasteiger partial charge in [-0.15, -0.1) is 24.8 Å². The number of morpholine rings is 1. The van der Waals surface area contributed by atoms with Gasteiger partial charge in [0, 0.05) is 32.8 Å². The zero-order chi connectivity index (χ0) is 16.0. The molecule has 2 fully saturated rings. The monoisotopic (exact) mass is 385 g/mol. The fourth-order valence-electron chi connectivity index (χ4n) is 3.41. The van der Waals surface area contributed by atoms with Gasteiger partial charge in [0.1, 0.15) is 5.60 Å². The van der Waals surface area contributed by atoms with Crippen LogP contribution in [0.15, 0.2) is 0 Å². The van der Waals surface area contributed by atoms with Crippen molar-refractivity contribution < 1.29 is 14.3 Å². The highest BCUT2D eigenvalue weighted by atomic mass is 35.5. The summed E-state index contributed by atoms with van der Waals surface area (Å²) < 4.78 is 11.0. The minimum Gasteiger partial charge on any atom is -0.379 e. The fraction of sp³-hybridized carbons (Fsp3) is 0.938. The third-order valence-electron chi connectivity index (χ3n) is 4.97. The van der Waals surface area contributed by atoms with Crippen LogP contribution >= 0.6 is 24.8 Å². The first kappa shape index (κ1) is 23.9. The molecule has 1 amide bonds. The molecule has 0 saturated carbocycles. The Hall–Kier alpha value is -0.110. The van der Waals surface area contributed by atoms with Gasteiger partial charge in [-0.05, 0) is 31.8 Å². The summed E-state index contributed by atoms with van der Waals surface area (Å²) in [7, 11) is 1.65. The molecule has 0 aromatic rings. The van der Waals surface area contributed by atoms with Gasteiger partial charge in [0.2, 0.25) is 0 Å². The predicted octanol–water partition coefficient (Wildman–Crippen LogP) is 1.07. The lowest BCUT2D eigenvalue weighted by Gasteiger charge is -2.39. The molecule has 8 heteroatoms. The third-order valence-corrected chi connectivity index (χ3v) is 4.97. The minimum absolute atomic E-state index is 0. The van der Waals surface area contributed by atoms with Crippen LogP contribution in [-0.4, -0.2) is 75.5 Å². The lowest BCUT2D eigenvalue weighted by atomic mass is 9.90. The van der Waals surface area contributed by atoms with Gasteiger partial charge in [-0.2, -0.15) is 0 Å². The van der Waals surface area contributed by atoms with Gasteiger partial charge < -0.3 is 20.1 Å². The highest BCUT2D eigenvalue weighted by Gasteiger charge is 2.40. The quantitative estimate of drug-likeness (QED) is 0.715. The molecule has 1 unspecified atom stereocenters. The number of nitrogens with zero attached hydrogens (tertiary/aromatic N) is 1. The largest absolute Gasteiger partial charge is 0.379 e. The van der Waals surface area contributed by atoms with Crippen molar-refractivity contribution in [2.45, 2.75) is 38.3 Å². The van der Waals surface area contributed by atoms with Crippen LogP contribution in [-0.2, 0) is 14.3 Å². The standard InChI is InChI=1S/C16H31N3O3.2ClH/c1-13(2)14(19-8-10-22-11-9-19)12-18-15(20)16(21-3)4-6-17-7-5-16;;/h13-14,17H,4-12H2,1-3H3,(H,18,20);2*1H. The van der Waals surface area contributed by atoms with Crippen LogP contribution in [0.1, 0.15) is 26.7 Å². The summed E-state index contributed by atoms with van der Waals surface area (Å²) in [6.07, 6.45) is 1.47. The number of amides is 1. The highest BCUT2D eigenvalue weighted by molar-refractivity contribution is 5.86. The number of carbonyl (C=O) groups is 1. The fourth-order valence-corrected chi connectivity index (χ4v) is 3.41. The molecule has 2 aliphatic rings. The molecule has 2 heterocycles. The summed E-state index contributed by atoms with van der Waals surface area (Å²) in [5.74, 6) is 0.528. The van der Waals surface area contributed by atoms with Crippen molar-refractivity contribution >= 4 is 30.7 Å². The average Bonchev–Trinajstić information content (AvgIpc) is 2.56. The summed E-state index contributed by atoms with van der Waals surface area (Å²) >= 11 is 0. The normalized spacial score (nSPS) is 22.2. The number of halogens is 2. The number of ether oxygens (including phenoxy) is 2. The van der Waals surface area contributed by atoms with Gasteiger partial charge in [0.25, 0.3) is 5.91 Å². The van der Waals surface area contributed by atoms with Crippen LogP contribution in [0.4, 0.5) is 0 Å². The maximum Gasteiger partial charge on any atom is 0.252 e. The first-order chi connectivity index (χ1) is 10.6. The van der Waals surface area contributed by atoms with Crippen LogP contribution in [0.25, 0.3) is 0 Å². The topological polar surface area (TPSA) is 62.8 Å². The molecule has 0 aliphatic carbocycles. The second-order valence-electron chi connectivity index (χ2n) is 6.62. The minimum atomic E-state index is -0.655. The molecule has 0 radical (unpaired) electrons. The average molecular weight is 386 g/mol. The molecule has 2 rings (SSSR count). The third kappa shape index (κ3) is 6.00. The van der Waals surface area contributed by atoms with Crippen molar-refractivity contribution in [3.05, 3.63) is 0 Å². The Morgan fingerprint density at radius 3 is 2.33 bits per heavy atom. The predicted molar refractivity (Wildman–Crippen MR) is 100 cm³/mol. The van der Waals surface area contributed by atoms with Crippen molar-refractivity contribution in [2.24, 2.45) is 5.92 Å². The van der Waals surface area contributed by atoms with E-state index in [1.165, 1.54) is 0 Å². The summed E-state index contributed by atoms with van der Waals surface area (Å²) in [4.78, 5) is 15.1. The number of rotatable bonds is 6. The Kier molecular flexibility index (Phi) is 11.4. The Morgan fingerprint density at radius 2 is 1.83 bits per heavy atom. The van der Waals surface area contributed by atoms with Crippen molar-refractivity contribution in [1.82, 2.24) is 15.5 Å². The molecule has 2 saturated heterocycles. The van der Waals surface area contributed by atoms with Crippen molar-refractivity contribution in [2.75, 3.05) is 53.0 Å². The Balaban J connectivity index is 0.00000264. The van der Waals surface area contributed by atoms with Crippen LogP contribution < -0.4 is 10.6 Å². The zero-order valence-corrected chi connectivity index (χ0v) is 16.6. The first-order valence-corrected chi connectivity index (χ1v) is 8.45. The van der Waals surface area contributed by atoms with E-state index in [1.807, 2.05) is 0 Å². The van der Waals surface area contributed by atoms with E-state index < -0.39 is 5.60 Å². The molecule has 6 nitrogen and oxygen atoms in total. The lowest BCUT2D eigenvalue weighted by molar-refractivity contribution is -0.147. The number of methoxy groups -OCH3 is 1. The summed E-state index contributed by atoms with van der Waals surface area (Å²) in [5.41, 5.74) is -0.655.